The van der Waals surface area contributed by atoms with E-state index in [1.807, 2.05) is 0 Å². The standard InChI is InChI=1S/C22H24FN3O4S/c1-3-25(4-2)31(28,29)18-8-9-20-16(13-18)10-11-26(20)22(27)21-14-19(24-30-21)15-6-5-7-17(23)12-15/h5-9,12-13,21H,3-4,10-11,14H2,1-2H3. The van der Waals surface area contributed by atoms with Crippen LogP contribution < -0.4 is 4.90 Å². The molecule has 1 amide bonds. The van der Waals surface area contributed by atoms with Gasteiger partial charge in [-0.3, -0.25) is 4.79 Å². The van der Waals surface area contributed by atoms with E-state index in [0.717, 1.165) is 5.56 Å². The molecule has 2 aromatic rings. The summed E-state index contributed by atoms with van der Waals surface area (Å²) in [6.45, 7) is 4.84. The number of benzene rings is 2. The fraction of sp³-hybridized carbons (Fsp3) is 0.364. The maximum atomic E-state index is 13.5. The monoisotopic (exact) mass is 445 g/mol. The third kappa shape index (κ3) is 3.95. The SMILES string of the molecule is CCN(CC)S(=O)(=O)c1ccc2c(c1)CCN2C(=O)C1CC(c2cccc(F)c2)=NO1. The zero-order valence-corrected chi connectivity index (χ0v) is 18.2. The van der Waals surface area contributed by atoms with E-state index in [4.69, 9.17) is 4.84 Å². The highest BCUT2D eigenvalue weighted by molar-refractivity contribution is 7.89. The number of carbonyl (C=O) groups is 1. The third-order valence-corrected chi connectivity index (χ3v) is 7.70. The molecule has 9 heteroatoms. The number of carbonyl (C=O) groups excluding carboxylic acids is 1. The predicted molar refractivity (Wildman–Crippen MR) is 115 cm³/mol. The summed E-state index contributed by atoms with van der Waals surface area (Å²) in [7, 11) is -3.56. The zero-order valence-electron chi connectivity index (χ0n) is 17.4. The third-order valence-electron chi connectivity index (χ3n) is 5.66. The van der Waals surface area contributed by atoms with Gasteiger partial charge < -0.3 is 9.74 Å². The topological polar surface area (TPSA) is 79.3 Å². The lowest BCUT2D eigenvalue weighted by Gasteiger charge is -2.21. The van der Waals surface area contributed by atoms with Crippen molar-refractivity contribution < 1.29 is 22.4 Å². The van der Waals surface area contributed by atoms with Gasteiger partial charge in [-0.1, -0.05) is 31.1 Å². The quantitative estimate of drug-likeness (QED) is 0.685. The van der Waals surface area contributed by atoms with Crippen LogP contribution in [0.25, 0.3) is 0 Å². The molecular formula is C22H24FN3O4S. The number of sulfonamides is 1. The minimum Gasteiger partial charge on any atom is -0.382 e. The van der Waals surface area contributed by atoms with Gasteiger partial charge in [0.2, 0.25) is 16.1 Å². The molecule has 7 nitrogen and oxygen atoms in total. The lowest BCUT2D eigenvalue weighted by Crippen LogP contribution is -2.38. The van der Waals surface area contributed by atoms with Gasteiger partial charge in [0.15, 0.2) is 0 Å². The Kier molecular flexibility index (Phi) is 5.81. The van der Waals surface area contributed by atoms with Crippen LogP contribution in [0.2, 0.25) is 0 Å². The Morgan fingerprint density at radius 3 is 2.71 bits per heavy atom. The second kappa shape index (κ2) is 8.39. The van der Waals surface area contributed by atoms with E-state index in [1.165, 1.54) is 16.4 Å². The molecule has 0 aliphatic carbocycles. The van der Waals surface area contributed by atoms with Gasteiger partial charge in [-0.05, 0) is 42.3 Å². The van der Waals surface area contributed by atoms with Gasteiger partial charge >= 0.3 is 0 Å². The second-order valence-electron chi connectivity index (χ2n) is 7.47. The number of hydrogen-bond donors (Lipinski definition) is 0. The summed E-state index contributed by atoms with van der Waals surface area (Å²) in [5.41, 5.74) is 2.61. The van der Waals surface area contributed by atoms with Crippen LogP contribution in [-0.2, 0) is 26.1 Å². The highest BCUT2D eigenvalue weighted by atomic mass is 32.2. The molecule has 2 aliphatic heterocycles. The largest absolute Gasteiger partial charge is 0.382 e. The van der Waals surface area contributed by atoms with Crippen molar-refractivity contribution in [3.63, 3.8) is 0 Å². The van der Waals surface area contributed by atoms with E-state index in [1.54, 1.807) is 49.1 Å². The summed E-state index contributed by atoms with van der Waals surface area (Å²) in [6.07, 6.45) is 0.0264. The fourth-order valence-electron chi connectivity index (χ4n) is 4.00. The van der Waals surface area contributed by atoms with Crippen LogP contribution in [0, 0.1) is 5.82 Å². The summed E-state index contributed by atoms with van der Waals surface area (Å²) in [6, 6.07) is 10.9. The molecule has 0 saturated heterocycles. The van der Waals surface area contributed by atoms with Crippen molar-refractivity contribution in [3.05, 3.63) is 59.4 Å². The molecule has 1 atom stereocenters. The Balaban J connectivity index is 1.51. The predicted octanol–water partition coefficient (Wildman–Crippen LogP) is 2.94. The average Bonchev–Trinajstić information content (AvgIpc) is 3.41. The molecule has 0 saturated carbocycles. The van der Waals surface area contributed by atoms with Gasteiger partial charge in [0, 0.05) is 37.3 Å². The second-order valence-corrected chi connectivity index (χ2v) is 9.40. The van der Waals surface area contributed by atoms with Crippen LogP contribution >= 0.6 is 0 Å². The summed E-state index contributed by atoms with van der Waals surface area (Å²) in [5.74, 6) is -0.618. The van der Waals surface area contributed by atoms with Crippen LogP contribution in [0.1, 0.15) is 31.4 Å². The Hall–Kier alpha value is -2.78. The zero-order chi connectivity index (χ0) is 22.2. The number of rotatable bonds is 6. The molecule has 2 aliphatic rings. The number of halogens is 1. The maximum Gasteiger partial charge on any atom is 0.271 e. The Morgan fingerprint density at radius 2 is 2.00 bits per heavy atom. The molecule has 31 heavy (non-hydrogen) atoms. The van der Waals surface area contributed by atoms with Gasteiger partial charge in [0.05, 0.1) is 10.6 Å². The summed E-state index contributed by atoms with van der Waals surface area (Å²) in [5, 5.41) is 3.98. The average molecular weight is 446 g/mol. The molecule has 0 N–H and O–H groups in total. The molecule has 0 bridgehead atoms. The van der Waals surface area contributed by atoms with Crippen molar-refractivity contribution in [1.82, 2.24) is 4.31 Å². The number of oxime groups is 1. The van der Waals surface area contributed by atoms with Crippen molar-refractivity contribution in [2.24, 2.45) is 5.16 Å². The molecule has 2 aromatic carbocycles. The van der Waals surface area contributed by atoms with Gasteiger partial charge in [0.1, 0.15) is 5.82 Å². The first-order valence-corrected chi connectivity index (χ1v) is 11.7. The van der Waals surface area contributed by atoms with Crippen LogP contribution in [0.5, 0.6) is 0 Å². The highest BCUT2D eigenvalue weighted by Gasteiger charge is 2.36. The molecule has 0 radical (unpaired) electrons. The minimum absolute atomic E-state index is 0.234. The Morgan fingerprint density at radius 1 is 1.23 bits per heavy atom. The van der Waals surface area contributed by atoms with Crippen LogP contribution in [0.3, 0.4) is 0 Å². The first kappa shape index (κ1) is 21.5. The molecule has 2 heterocycles. The molecule has 1 unspecified atom stereocenters. The first-order valence-electron chi connectivity index (χ1n) is 10.3. The van der Waals surface area contributed by atoms with Crippen molar-refractivity contribution in [3.8, 4) is 0 Å². The highest BCUT2D eigenvalue weighted by Crippen LogP contribution is 2.33. The van der Waals surface area contributed by atoms with Crippen molar-refractivity contribution >= 4 is 27.3 Å². The van der Waals surface area contributed by atoms with Crippen LogP contribution in [-0.4, -0.2) is 50.1 Å². The number of hydrogen-bond acceptors (Lipinski definition) is 5. The fourth-order valence-corrected chi connectivity index (χ4v) is 5.51. The summed E-state index contributed by atoms with van der Waals surface area (Å²) >= 11 is 0. The van der Waals surface area contributed by atoms with Crippen molar-refractivity contribution in [2.45, 2.75) is 37.7 Å². The number of anilines is 1. The van der Waals surface area contributed by atoms with Gasteiger partial charge in [0.25, 0.3) is 5.91 Å². The number of nitrogens with zero attached hydrogens (tertiary/aromatic N) is 3. The lowest BCUT2D eigenvalue weighted by atomic mass is 10.0. The van der Waals surface area contributed by atoms with Gasteiger partial charge in [-0.15, -0.1) is 0 Å². The van der Waals surface area contributed by atoms with Gasteiger partial charge in [-0.2, -0.15) is 4.31 Å². The lowest BCUT2D eigenvalue weighted by molar-refractivity contribution is -0.128. The molecule has 0 fully saturated rings. The number of amides is 1. The van der Waals surface area contributed by atoms with Crippen LogP contribution in [0.15, 0.2) is 52.5 Å². The summed E-state index contributed by atoms with van der Waals surface area (Å²) in [4.78, 5) is 20.3. The first-order chi connectivity index (χ1) is 14.8. The Labute approximate surface area is 181 Å². The molecule has 0 aromatic heterocycles. The maximum absolute atomic E-state index is 13.5. The molecule has 164 valence electrons. The van der Waals surface area contributed by atoms with E-state index < -0.39 is 16.1 Å². The minimum atomic E-state index is -3.56. The van der Waals surface area contributed by atoms with E-state index in [0.29, 0.717) is 43.0 Å². The van der Waals surface area contributed by atoms with E-state index in [9.17, 15) is 17.6 Å². The van der Waals surface area contributed by atoms with E-state index in [2.05, 4.69) is 5.16 Å². The van der Waals surface area contributed by atoms with Gasteiger partial charge in [-0.25, -0.2) is 12.8 Å². The Bertz CT molecular complexity index is 1150. The van der Waals surface area contributed by atoms with Crippen molar-refractivity contribution in [1.29, 1.82) is 0 Å². The van der Waals surface area contributed by atoms with E-state index >= 15 is 0 Å². The van der Waals surface area contributed by atoms with E-state index in [-0.39, 0.29) is 23.0 Å². The normalized spacial score (nSPS) is 18.1. The summed E-state index contributed by atoms with van der Waals surface area (Å²) < 4.78 is 40.5. The smallest absolute Gasteiger partial charge is 0.271 e. The number of fused-ring (bicyclic) bond motifs is 1. The molecule has 4 rings (SSSR count). The molecular weight excluding hydrogens is 421 g/mol. The van der Waals surface area contributed by atoms with Crippen molar-refractivity contribution in [2.75, 3.05) is 24.5 Å². The van der Waals surface area contributed by atoms with Crippen LogP contribution in [0.4, 0.5) is 10.1 Å². The molecule has 0 spiro atoms.